The largest absolute Gasteiger partial charge is 0.385 e. The van der Waals surface area contributed by atoms with Gasteiger partial charge in [-0.2, -0.15) is 0 Å². The zero-order chi connectivity index (χ0) is 11.0. The summed E-state index contributed by atoms with van der Waals surface area (Å²) in [5.74, 6) is 0.217. The SMILES string of the molecule is COCCCC(=O)CCCS(C)(=O)=O. The van der Waals surface area contributed by atoms with Crippen LogP contribution in [0.2, 0.25) is 0 Å². The number of sulfone groups is 1. The van der Waals surface area contributed by atoms with E-state index in [1.54, 1.807) is 7.11 Å². The molecule has 5 heteroatoms. The first-order valence-corrected chi connectivity index (χ1v) is 6.70. The van der Waals surface area contributed by atoms with Gasteiger partial charge in [-0.25, -0.2) is 8.42 Å². The Morgan fingerprint density at radius 2 is 1.79 bits per heavy atom. The Morgan fingerprint density at radius 1 is 1.21 bits per heavy atom. The van der Waals surface area contributed by atoms with Crippen LogP contribution in [0.25, 0.3) is 0 Å². The molecule has 0 aliphatic carbocycles. The van der Waals surface area contributed by atoms with Crippen LogP contribution >= 0.6 is 0 Å². The molecule has 0 saturated heterocycles. The maximum atomic E-state index is 11.2. The monoisotopic (exact) mass is 222 g/mol. The van der Waals surface area contributed by atoms with E-state index >= 15 is 0 Å². The van der Waals surface area contributed by atoms with Crippen molar-refractivity contribution in [3.63, 3.8) is 0 Å². The van der Waals surface area contributed by atoms with Crippen LogP contribution in [0.4, 0.5) is 0 Å². The van der Waals surface area contributed by atoms with Gasteiger partial charge in [0, 0.05) is 32.8 Å². The first-order valence-electron chi connectivity index (χ1n) is 4.64. The molecular weight excluding hydrogens is 204 g/mol. The molecule has 0 amide bonds. The molecule has 0 spiro atoms. The second kappa shape index (κ2) is 6.95. The quantitative estimate of drug-likeness (QED) is 0.570. The van der Waals surface area contributed by atoms with Crippen LogP contribution in [0.1, 0.15) is 25.7 Å². The lowest BCUT2D eigenvalue weighted by atomic mass is 10.1. The molecule has 0 rings (SSSR count). The second-order valence-corrected chi connectivity index (χ2v) is 5.63. The number of carbonyl (C=O) groups is 1. The Hall–Kier alpha value is -0.420. The number of Topliss-reactive ketones (excluding diaryl/α,β-unsaturated/α-hetero) is 1. The highest BCUT2D eigenvalue weighted by atomic mass is 32.2. The summed E-state index contributed by atoms with van der Waals surface area (Å²) in [6.07, 6.45) is 3.18. The summed E-state index contributed by atoms with van der Waals surface area (Å²) in [6, 6.07) is 0. The summed E-state index contributed by atoms with van der Waals surface area (Å²) >= 11 is 0. The van der Waals surface area contributed by atoms with E-state index in [0.29, 0.717) is 32.3 Å². The Labute approximate surface area is 85.6 Å². The van der Waals surface area contributed by atoms with Crippen LogP contribution in [0, 0.1) is 0 Å². The van der Waals surface area contributed by atoms with Crippen molar-refractivity contribution in [2.75, 3.05) is 25.7 Å². The first-order chi connectivity index (χ1) is 6.45. The average Bonchev–Trinajstić information content (AvgIpc) is 2.02. The normalized spacial score (nSPS) is 11.6. The van der Waals surface area contributed by atoms with Gasteiger partial charge in [-0.05, 0) is 12.8 Å². The van der Waals surface area contributed by atoms with Crippen LogP contribution in [0.3, 0.4) is 0 Å². The van der Waals surface area contributed by atoms with E-state index in [4.69, 9.17) is 4.74 Å². The molecule has 84 valence electrons. The highest BCUT2D eigenvalue weighted by Crippen LogP contribution is 2.00. The molecule has 0 fully saturated rings. The summed E-state index contributed by atoms with van der Waals surface area (Å²) in [5, 5.41) is 0. The van der Waals surface area contributed by atoms with Crippen molar-refractivity contribution >= 4 is 15.6 Å². The number of carbonyl (C=O) groups excluding carboxylic acids is 1. The molecule has 0 aromatic carbocycles. The molecule has 0 radical (unpaired) electrons. The van der Waals surface area contributed by atoms with Crippen molar-refractivity contribution in [2.45, 2.75) is 25.7 Å². The highest BCUT2D eigenvalue weighted by molar-refractivity contribution is 7.90. The Bertz CT molecular complexity index is 256. The smallest absolute Gasteiger partial charge is 0.147 e. The van der Waals surface area contributed by atoms with Gasteiger partial charge in [0.2, 0.25) is 0 Å². The van der Waals surface area contributed by atoms with Gasteiger partial charge in [-0.1, -0.05) is 0 Å². The zero-order valence-electron chi connectivity index (χ0n) is 8.78. The van der Waals surface area contributed by atoms with Crippen LogP contribution < -0.4 is 0 Å². The van der Waals surface area contributed by atoms with Gasteiger partial charge in [0.15, 0.2) is 0 Å². The number of ether oxygens (including phenoxy) is 1. The molecule has 0 aromatic rings. The molecule has 0 aliphatic rings. The van der Waals surface area contributed by atoms with E-state index in [1.165, 1.54) is 6.26 Å². The van der Waals surface area contributed by atoms with Crippen LogP contribution in [0.15, 0.2) is 0 Å². The van der Waals surface area contributed by atoms with E-state index in [-0.39, 0.29) is 11.5 Å². The molecule has 0 aliphatic heterocycles. The summed E-state index contributed by atoms with van der Waals surface area (Å²) in [4.78, 5) is 11.2. The molecule has 14 heavy (non-hydrogen) atoms. The number of hydrogen-bond donors (Lipinski definition) is 0. The number of methoxy groups -OCH3 is 1. The standard InChI is InChI=1S/C9H18O4S/c1-13-7-3-5-9(10)6-4-8-14(2,11)12/h3-8H2,1-2H3. The first kappa shape index (κ1) is 13.6. The second-order valence-electron chi connectivity index (χ2n) is 3.37. The van der Waals surface area contributed by atoms with Crippen molar-refractivity contribution < 1.29 is 17.9 Å². The molecule has 0 N–H and O–H groups in total. The van der Waals surface area contributed by atoms with Gasteiger partial charge >= 0.3 is 0 Å². The number of rotatable bonds is 8. The molecule has 4 nitrogen and oxygen atoms in total. The van der Waals surface area contributed by atoms with Gasteiger partial charge in [0.1, 0.15) is 15.6 Å². The fourth-order valence-corrected chi connectivity index (χ4v) is 1.74. The maximum absolute atomic E-state index is 11.2. The summed E-state index contributed by atoms with van der Waals surface area (Å²) in [5.41, 5.74) is 0. The van der Waals surface area contributed by atoms with Gasteiger partial charge in [-0.15, -0.1) is 0 Å². The van der Waals surface area contributed by atoms with Crippen molar-refractivity contribution in [2.24, 2.45) is 0 Å². The third kappa shape index (κ3) is 9.67. The fraction of sp³-hybridized carbons (Fsp3) is 0.889. The van der Waals surface area contributed by atoms with Crippen molar-refractivity contribution in [1.82, 2.24) is 0 Å². The van der Waals surface area contributed by atoms with E-state index in [1.807, 2.05) is 0 Å². The summed E-state index contributed by atoms with van der Waals surface area (Å²) in [6.45, 7) is 0.581. The van der Waals surface area contributed by atoms with Gasteiger partial charge < -0.3 is 4.74 Å². The zero-order valence-corrected chi connectivity index (χ0v) is 9.60. The number of ketones is 1. The van der Waals surface area contributed by atoms with E-state index in [9.17, 15) is 13.2 Å². The highest BCUT2D eigenvalue weighted by Gasteiger charge is 2.05. The minimum Gasteiger partial charge on any atom is -0.385 e. The lowest BCUT2D eigenvalue weighted by molar-refractivity contribution is -0.119. The minimum atomic E-state index is -2.92. The minimum absolute atomic E-state index is 0.100. The van der Waals surface area contributed by atoms with Gasteiger partial charge in [0.25, 0.3) is 0 Å². The van der Waals surface area contributed by atoms with Crippen LogP contribution in [-0.2, 0) is 19.4 Å². The topological polar surface area (TPSA) is 60.4 Å². The summed E-state index contributed by atoms with van der Waals surface area (Å²) in [7, 11) is -1.33. The average molecular weight is 222 g/mol. The molecule has 0 unspecified atom stereocenters. The molecular formula is C9H18O4S. The van der Waals surface area contributed by atoms with E-state index < -0.39 is 9.84 Å². The third-order valence-corrected chi connectivity index (χ3v) is 2.81. The molecule has 0 atom stereocenters. The van der Waals surface area contributed by atoms with Gasteiger partial charge in [-0.3, -0.25) is 4.79 Å². The van der Waals surface area contributed by atoms with Crippen molar-refractivity contribution in [3.8, 4) is 0 Å². The Balaban J connectivity index is 3.45. The maximum Gasteiger partial charge on any atom is 0.147 e. The Kier molecular flexibility index (Phi) is 6.74. The predicted molar refractivity (Wildman–Crippen MR) is 55.1 cm³/mol. The van der Waals surface area contributed by atoms with Crippen molar-refractivity contribution in [1.29, 1.82) is 0 Å². The predicted octanol–water partition coefficient (Wildman–Crippen LogP) is 0.807. The van der Waals surface area contributed by atoms with Gasteiger partial charge in [0.05, 0.1) is 5.75 Å². The third-order valence-electron chi connectivity index (χ3n) is 1.77. The lowest BCUT2D eigenvalue weighted by Crippen LogP contribution is -2.06. The lowest BCUT2D eigenvalue weighted by Gasteiger charge is -2.00. The number of hydrogen-bond acceptors (Lipinski definition) is 4. The molecule has 0 bridgehead atoms. The van der Waals surface area contributed by atoms with Crippen LogP contribution in [0.5, 0.6) is 0 Å². The fourth-order valence-electron chi connectivity index (χ4n) is 1.07. The molecule has 0 heterocycles. The van der Waals surface area contributed by atoms with E-state index in [2.05, 4.69) is 0 Å². The van der Waals surface area contributed by atoms with E-state index in [0.717, 1.165) is 0 Å². The summed E-state index contributed by atoms with van der Waals surface area (Å²) < 4.78 is 26.3. The Morgan fingerprint density at radius 3 is 2.29 bits per heavy atom. The molecule has 0 saturated carbocycles. The molecule has 0 aromatic heterocycles. The van der Waals surface area contributed by atoms with Crippen molar-refractivity contribution in [3.05, 3.63) is 0 Å². The van der Waals surface area contributed by atoms with Crippen LogP contribution in [-0.4, -0.2) is 39.9 Å².